The first-order valence-electron chi connectivity index (χ1n) is 8.50. The van der Waals surface area contributed by atoms with E-state index < -0.39 is 16.8 Å². The Balaban J connectivity index is 5.74. The molecule has 0 aliphatic carbocycles. The Morgan fingerprint density at radius 3 is 1.91 bits per heavy atom. The van der Waals surface area contributed by atoms with Gasteiger partial charge in [0.1, 0.15) is 0 Å². The molecule has 134 valence electrons. The van der Waals surface area contributed by atoms with Gasteiger partial charge < -0.3 is 9.47 Å². The van der Waals surface area contributed by atoms with E-state index in [1.54, 1.807) is 0 Å². The largest absolute Gasteiger partial charge is 0.469 e. The zero-order valence-electron chi connectivity index (χ0n) is 16.0. The van der Waals surface area contributed by atoms with Crippen molar-refractivity contribution in [3.63, 3.8) is 0 Å². The zero-order valence-corrected chi connectivity index (χ0v) is 16.0. The van der Waals surface area contributed by atoms with Gasteiger partial charge >= 0.3 is 11.9 Å². The summed E-state index contributed by atoms with van der Waals surface area (Å²) in [5.74, 6) is -0.192. The number of hydrogen-bond acceptors (Lipinski definition) is 4. The summed E-state index contributed by atoms with van der Waals surface area (Å²) in [5, 5.41) is 0. The number of methoxy groups -OCH3 is 2. The molecular weight excluding hydrogens is 292 g/mol. The van der Waals surface area contributed by atoms with E-state index in [0.717, 1.165) is 25.7 Å². The van der Waals surface area contributed by atoms with Crippen molar-refractivity contribution < 1.29 is 19.1 Å². The van der Waals surface area contributed by atoms with Gasteiger partial charge in [0.05, 0.1) is 19.6 Å². The number of esters is 2. The topological polar surface area (TPSA) is 52.6 Å². The molecule has 0 aromatic heterocycles. The van der Waals surface area contributed by atoms with Crippen molar-refractivity contribution in [3.05, 3.63) is 12.2 Å². The van der Waals surface area contributed by atoms with Crippen LogP contribution >= 0.6 is 0 Å². The molecule has 0 rings (SSSR count). The van der Waals surface area contributed by atoms with Crippen molar-refractivity contribution in [3.8, 4) is 0 Å². The van der Waals surface area contributed by atoms with Gasteiger partial charge in [-0.25, -0.2) is 4.79 Å². The summed E-state index contributed by atoms with van der Waals surface area (Å²) in [6, 6.07) is 0. The third-order valence-electron chi connectivity index (χ3n) is 5.68. The second-order valence-corrected chi connectivity index (χ2v) is 6.90. The first kappa shape index (κ1) is 21.7. The smallest absolute Gasteiger partial charge is 0.333 e. The van der Waals surface area contributed by atoms with Gasteiger partial charge in [-0.15, -0.1) is 0 Å². The molecule has 0 radical (unpaired) electrons. The van der Waals surface area contributed by atoms with E-state index in [9.17, 15) is 9.59 Å². The molecule has 0 aliphatic rings. The molecule has 0 saturated heterocycles. The Morgan fingerprint density at radius 2 is 1.57 bits per heavy atom. The van der Waals surface area contributed by atoms with Crippen molar-refractivity contribution in [2.24, 2.45) is 16.7 Å². The van der Waals surface area contributed by atoms with Gasteiger partial charge in [-0.2, -0.15) is 0 Å². The second kappa shape index (κ2) is 9.09. The van der Waals surface area contributed by atoms with Crippen LogP contribution in [0.5, 0.6) is 0 Å². The fourth-order valence-electron chi connectivity index (χ4n) is 3.35. The Morgan fingerprint density at radius 1 is 1.04 bits per heavy atom. The first-order chi connectivity index (χ1) is 10.6. The molecule has 2 atom stereocenters. The fraction of sp³-hybridized carbons (Fsp3) is 0.789. The van der Waals surface area contributed by atoms with E-state index in [1.807, 2.05) is 20.8 Å². The maximum Gasteiger partial charge on any atom is 0.333 e. The number of hydrogen-bond donors (Lipinski definition) is 0. The summed E-state index contributed by atoms with van der Waals surface area (Å²) in [7, 11) is 2.78. The summed E-state index contributed by atoms with van der Waals surface area (Å²) < 4.78 is 9.91. The molecular formula is C19H34O4. The van der Waals surface area contributed by atoms with Crippen molar-refractivity contribution in [1.82, 2.24) is 0 Å². The minimum absolute atomic E-state index is 0.216. The summed E-state index contributed by atoms with van der Waals surface area (Å²) >= 11 is 0. The van der Waals surface area contributed by atoms with Crippen LogP contribution in [0.3, 0.4) is 0 Å². The van der Waals surface area contributed by atoms with Crippen LogP contribution in [-0.2, 0) is 19.1 Å². The predicted octanol–water partition coefficient (Wildman–Crippen LogP) is 4.53. The molecule has 0 heterocycles. The summed E-state index contributed by atoms with van der Waals surface area (Å²) in [6.45, 7) is 14.2. The Kier molecular flexibility index (Phi) is 8.57. The highest BCUT2D eigenvalue weighted by Gasteiger charge is 2.51. The summed E-state index contributed by atoms with van der Waals surface area (Å²) in [5.41, 5.74) is -0.700. The molecule has 0 aliphatic heterocycles. The highest BCUT2D eigenvalue weighted by molar-refractivity contribution is 5.88. The highest BCUT2D eigenvalue weighted by atomic mass is 16.5. The van der Waals surface area contributed by atoms with Crippen LogP contribution in [0, 0.1) is 16.7 Å². The monoisotopic (exact) mass is 326 g/mol. The third-order valence-corrected chi connectivity index (χ3v) is 5.68. The van der Waals surface area contributed by atoms with Gasteiger partial charge in [0.25, 0.3) is 0 Å². The van der Waals surface area contributed by atoms with Gasteiger partial charge in [-0.05, 0) is 37.5 Å². The molecule has 2 unspecified atom stereocenters. The summed E-state index contributed by atoms with van der Waals surface area (Å²) in [4.78, 5) is 24.4. The lowest BCUT2D eigenvalue weighted by Gasteiger charge is -2.46. The lowest BCUT2D eigenvalue weighted by atomic mass is 9.57. The fourth-order valence-corrected chi connectivity index (χ4v) is 3.35. The Hall–Kier alpha value is -1.32. The van der Waals surface area contributed by atoms with Crippen molar-refractivity contribution in [2.75, 3.05) is 14.2 Å². The van der Waals surface area contributed by atoms with Crippen LogP contribution in [0.2, 0.25) is 0 Å². The van der Waals surface area contributed by atoms with E-state index in [2.05, 4.69) is 20.4 Å². The molecule has 23 heavy (non-hydrogen) atoms. The molecule has 4 nitrogen and oxygen atoms in total. The van der Waals surface area contributed by atoms with Crippen LogP contribution in [0.15, 0.2) is 12.2 Å². The van der Waals surface area contributed by atoms with Gasteiger partial charge in [0.15, 0.2) is 0 Å². The summed E-state index contributed by atoms with van der Waals surface area (Å²) in [6.07, 6.45) is 3.93. The van der Waals surface area contributed by atoms with E-state index >= 15 is 0 Å². The molecule has 0 spiro atoms. The molecule has 0 amide bonds. The van der Waals surface area contributed by atoms with Gasteiger partial charge in [0.2, 0.25) is 0 Å². The van der Waals surface area contributed by atoms with Gasteiger partial charge in [0, 0.05) is 5.57 Å². The van der Waals surface area contributed by atoms with Crippen molar-refractivity contribution >= 4 is 11.9 Å². The minimum Gasteiger partial charge on any atom is -0.469 e. The maximum atomic E-state index is 12.7. The normalized spacial score (nSPS) is 16.3. The van der Waals surface area contributed by atoms with Gasteiger partial charge in [-0.1, -0.05) is 47.1 Å². The lowest BCUT2D eigenvalue weighted by molar-refractivity contribution is -0.163. The number of rotatable bonds is 10. The average Bonchev–Trinajstić information content (AvgIpc) is 2.57. The molecule has 0 saturated carbocycles. The standard InChI is InChI=1S/C19H34O4/c1-9-15(10-2)13-19(6,17(21)23-8)18(5,11-3)12-14(4)16(20)22-7/h15H,4,9-13H2,1-3,5-8H3. The minimum atomic E-state index is -0.676. The van der Waals surface area contributed by atoms with Crippen LogP contribution in [0.1, 0.15) is 66.7 Å². The SMILES string of the molecule is C=C(CC(C)(CC)C(C)(CC(CC)CC)C(=O)OC)C(=O)OC. The molecule has 0 N–H and O–H groups in total. The van der Waals surface area contributed by atoms with E-state index in [-0.39, 0.29) is 5.97 Å². The predicted molar refractivity (Wildman–Crippen MR) is 93.0 cm³/mol. The highest BCUT2D eigenvalue weighted by Crippen LogP contribution is 2.51. The van der Waals surface area contributed by atoms with E-state index in [1.165, 1.54) is 14.2 Å². The molecule has 0 aromatic carbocycles. The van der Waals surface area contributed by atoms with Crippen molar-refractivity contribution in [2.45, 2.75) is 66.7 Å². The number of carbonyl (C=O) groups excluding carboxylic acids is 2. The van der Waals surface area contributed by atoms with E-state index in [0.29, 0.717) is 17.9 Å². The lowest BCUT2D eigenvalue weighted by Crippen LogP contribution is -2.46. The van der Waals surface area contributed by atoms with Crippen LogP contribution in [0.25, 0.3) is 0 Å². The Bertz CT molecular complexity index is 425. The molecule has 0 aromatic rings. The number of carbonyl (C=O) groups is 2. The average molecular weight is 326 g/mol. The molecule has 0 fully saturated rings. The first-order valence-corrected chi connectivity index (χ1v) is 8.50. The zero-order chi connectivity index (χ0) is 18.3. The van der Waals surface area contributed by atoms with Crippen LogP contribution in [0.4, 0.5) is 0 Å². The maximum absolute atomic E-state index is 12.7. The second-order valence-electron chi connectivity index (χ2n) is 6.90. The Labute approximate surface area is 141 Å². The van der Waals surface area contributed by atoms with Crippen LogP contribution < -0.4 is 0 Å². The molecule has 4 heteroatoms. The van der Waals surface area contributed by atoms with Gasteiger partial charge in [-0.3, -0.25) is 4.79 Å². The number of ether oxygens (including phenoxy) is 2. The quantitative estimate of drug-likeness (QED) is 0.437. The van der Waals surface area contributed by atoms with E-state index in [4.69, 9.17) is 9.47 Å². The molecule has 0 bridgehead atoms. The van der Waals surface area contributed by atoms with Crippen molar-refractivity contribution in [1.29, 1.82) is 0 Å². The third kappa shape index (κ3) is 4.82. The van der Waals surface area contributed by atoms with Crippen LogP contribution in [-0.4, -0.2) is 26.2 Å².